The molecule has 2 rings (SSSR count). The third-order valence-corrected chi connectivity index (χ3v) is 3.54. The van der Waals surface area contributed by atoms with Crippen LogP contribution in [0.2, 0.25) is 0 Å². The van der Waals surface area contributed by atoms with Crippen molar-refractivity contribution in [3.8, 4) is 5.75 Å². The first kappa shape index (κ1) is 16.1. The lowest BCUT2D eigenvalue weighted by Gasteiger charge is -2.09. The summed E-state index contributed by atoms with van der Waals surface area (Å²) in [5, 5.41) is 6.75. The van der Waals surface area contributed by atoms with E-state index in [0.29, 0.717) is 26.0 Å². The van der Waals surface area contributed by atoms with E-state index in [4.69, 9.17) is 9.26 Å². The first-order valence-electron chi connectivity index (χ1n) is 7.45. The molecule has 0 bridgehead atoms. The molecule has 1 heterocycles. The second kappa shape index (κ2) is 7.64. The minimum absolute atomic E-state index is 0.00776. The monoisotopic (exact) mass is 302 g/mol. The quantitative estimate of drug-likeness (QED) is 0.798. The molecule has 0 aliphatic heterocycles. The van der Waals surface area contributed by atoms with E-state index in [1.54, 1.807) is 0 Å². The van der Waals surface area contributed by atoms with Crippen molar-refractivity contribution in [1.82, 2.24) is 10.5 Å². The number of aryl methyl sites for hydroxylation is 3. The van der Waals surface area contributed by atoms with Crippen LogP contribution in [0, 0.1) is 20.8 Å². The van der Waals surface area contributed by atoms with Gasteiger partial charge in [0, 0.05) is 18.5 Å². The highest BCUT2D eigenvalue weighted by Gasteiger charge is 2.10. The van der Waals surface area contributed by atoms with Crippen LogP contribution in [0.4, 0.5) is 0 Å². The maximum atomic E-state index is 11.8. The van der Waals surface area contributed by atoms with Crippen molar-refractivity contribution in [2.45, 2.75) is 40.2 Å². The molecule has 1 N–H and O–H groups in total. The molecule has 0 spiro atoms. The van der Waals surface area contributed by atoms with E-state index in [0.717, 1.165) is 28.3 Å². The second-order valence-corrected chi connectivity index (χ2v) is 5.30. The predicted molar refractivity (Wildman–Crippen MR) is 83.7 cm³/mol. The summed E-state index contributed by atoms with van der Waals surface area (Å²) in [5.41, 5.74) is 2.87. The Morgan fingerprint density at radius 3 is 2.73 bits per heavy atom. The van der Waals surface area contributed by atoms with E-state index in [9.17, 15) is 4.79 Å². The minimum atomic E-state index is 0.00776. The average Bonchev–Trinajstić information content (AvgIpc) is 2.82. The largest absolute Gasteiger partial charge is 0.493 e. The fraction of sp³-hybridized carbons (Fsp3) is 0.412. The molecule has 0 saturated carbocycles. The Balaban J connectivity index is 1.67. The van der Waals surface area contributed by atoms with Gasteiger partial charge in [-0.15, -0.1) is 0 Å². The summed E-state index contributed by atoms with van der Waals surface area (Å²) >= 11 is 0. The highest BCUT2D eigenvalue weighted by atomic mass is 16.5. The summed E-state index contributed by atoms with van der Waals surface area (Å²) in [4.78, 5) is 11.8. The Morgan fingerprint density at radius 2 is 2.05 bits per heavy atom. The summed E-state index contributed by atoms with van der Waals surface area (Å²) < 4.78 is 10.7. The standard InChI is InChI=1S/C17H22N2O3/c1-12-7-4-5-8-16(12)21-10-6-9-17(20)18-11-15-13(2)19-22-14(15)3/h4-5,7-8H,6,9-11H2,1-3H3,(H,18,20). The molecule has 2 aromatic rings. The summed E-state index contributed by atoms with van der Waals surface area (Å²) in [5.74, 6) is 1.63. The van der Waals surface area contributed by atoms with Crippen LogP contribution in [0.3, 0.4) is 0 Å². The van der Waals surface area contributed by atoms with Gasteiger partial charge in [-0.05, 0) is 38.8 Å². The van der Waals surface area contributed by atoms with Gasteiger partial charge in [-0.2, -0.15) is 0 Å². The van der Waals surface area contributed by atoms with E-state index >= 15 is 0 Å². The Morgan fingerprint density at radius 1 is 1.27 bits per heavy atom. The summed E-state index contributed by atoms with van der Waals surface area (Å²) in [6.07, 6.45) is 1.12. The van der Waals surface area contributed by atoms with Crippen molar-refractivity contribution >= 4 is 5.91 Å². The number of hydrogen-bond acceptors (Lipinski definition) is 4. The molecule has 0 aliphatic rings. The SMILES string of the molecule is Cc1ccccc1OCCCC(=O)NCc1c(C)noc1C. The minimum Gasteiger partial charge on any atom is -0.493 e. The molecule has 0 atom stereocenters. The maximum absolute atomic E-state index is 11.8. The zero-order valence-corrected chi connectivity index (χ0v) is 13.3. The van der Waals surface area contributed by atoms with Gasteiger partial charge in [0.2, 0.25) is 5.91 Å². The fourth-order valence-corrected chi connectivity index (χ4v) is 2.16. The number of amides is 1. The molecule has 1 amide bonds. The Bertz CT molecular complexity index is 615. The number of nitrogens with zero attached hydrogens (tertiary/aromatic N) is 1. The number of benzene rings is 1. The number of rotatable bonds is 7. The Labute approximate surface area is 130 Å². The second-order valence-electron chi connectivity index (χ2n) is 5.30. The van der Waals surface area contributed by atoms with Crippen LogP contribution in [-0.2, 0) is 11.3 Å². The van der Waals surface area contributed by atoms with Crippen LogP contribution in [-0.4, -0.2) is 17.7 Å². The summed E-state index contributed by atoms with van der Waals surface area (Å²) in [7, 11) is 0. The molecular weight excluding hydrogens is 280 g/mol. The van der Waals surface area contributed by atoms with E-state index in [2.05, 4.69) is 10.5 Å². The van der Waals surface area contributed by atoms with Crippen molar-refractivity contribution in [2.24, 2.45) is 0 Å². The van der Waals surface area contributed by atoms with Crippen LogP contribution in [0.5, 0.6) is 5.75 Å². The van der Waals surface area contributed by atoms with E-state index in [1.165, 1.54) is 0 Å². The van der Waals surface area contributed by atoms with E-state index < -0.39 is 0 Å². The Kier molecular flexibility index (Phi) is 5.58. The van der Waals surface area contributed by atoms with Crippen molar-refractivity contribution in [3.63, 3.8) is 0 Å². The maximum Gasteiger partial charge on any atom is 0.220 e. The fourth-order valence-electron chi connectivity index (χ4n) is 2.16. The van der Waals surface area contributed by atoms with Crippen molar-refractivity contribution in [3.05, 3.63) is 46.8 Å². The van der Waals surface area contributed by atoms with Gasteiger partial charge in [-0.1, -0.05) is 23.4 Å². The molecule has 5 heteroatoms. The van der Waals surface area contributed by atoms with Gasteiger partial charge >= 0.3 is 0 Å². The predicted octanol–water partition coefficient (Wildman–Crippen LogP) is 3.08. The number of carbonyl (C=O) groups excluding carboxylic acids is 1. The number of ether oxygens (including phenoxy) is 1. The smallest absolute Gasteiger partial charge is 0.220 e. The Hall–Kier alpha value is -2.30. The molecule has 0 radical (unpaired) electrons. The summed E-state index contributed by atoms with van der Waals surface area (Å²) in [6, 6.07) is 7.86. The van der Waals surface area contributed by atoms with Gasteiger partial charge in [0.05, 0.1) is 12.3 Å². The normalized spacial score (nSPS) is 10.5. The number of hydrogen-bond donors (Lipinski definition) is 1. The average molecular weight is 302 g/mol. The molecule has 5 nitrogen and oxygen atoms in total. The molecule has 0 fully saturated rings. The highest BCUT2D eigenvalue weighted by molar-refractivity contribution is 5.75. The van der Waals surface area contributed by atoms with E-state index in [-0.39, 0.29) is 5.91 Å². The molecular formula is C17H22N2O3. The number of carbonyl (C=O) groups is 1. The molecule has 1 aromatic carbocycles. The van der Waals surface area contributed by atoms with Crippen molar-refractivity contribution in [1.29, 1.82) is 0 Å². The lowest BCUT2D eigenvalue weighted by atomic mass is 10.2. The zero-order valence-electron chi connectivity index (χ0n) is 13.3. The number of para-hydroxylation sites is 1. The first-order chi connectivity index (χ1) is 10.6. The van der Waals surface area contributed by atoms with Crippen LogP contribution in [0.25, 0.3) is 0 Å². The lowest BCUT2D eigenvalue weighted by Crippen LogP contribution is -2.23. The molecule has 22 heavy (non-hydrogen) atoms. The lowest BCUT2D eigenvalue weighted by molar-refractivity contribution is -0.121. The van der Waals surface area contributed by atoms with Crippen LogP contribution in [0.15, 0.2) is 28.8 Å². The van der Waals surface area contributed by atoms with Crippen molar-refractivity contribution < 1.29 is 14.1 Å². The van der Waals surface area contributed by atoms with Crippen molar-refractivity contribution in [2.75, 3.05) is 6.61 Å². The molecule has 0 aliphatic carbocycles. The molecule has 0 saturated heterocycles. The zero-order chi connectivity index (χ0) is 15.9. The van der Waals surface area contributed by atoms with Gasteiger partial charge < -0.3 is 14.6 Å². The summed E-state index contributed by atoms with van der Waals surface area (Å²) in [6.45, 7) is 6.71. The molecule has 0 unspecified atom stereocenters. The topological polar surface area (TPSA) is 64.4 Å². The highest BCUT2D eigenvalue weighted by Crippen LogP contribution is 2.16. The number of aromatic nitrogens is 1. The van der Waals surface area contributed by atoms with E-state index in [1.807, 2.05) is 45.0 Å². The van der Waals surface area contributed by atoms with Gasteiger partial charge in [-0.3, -0.25) is 4.79 Å². The van der Waals surface area contributed by atoms with Crippen LogP contribution >= 0.6 is 0 Å². The third-order valence-electron chi connectivity index (χ3n) is 3.54. The number of nitrogens with one attached hydrogen (secondary N) is 1. The first-order valence-corrected chi connectivity index (χ1v) is 7.45. The van der Waals surface area contributed by atoms with Gasteiger partial charge in [0.1, 0.15) is 11.5 Å². The third kappa shape index (κ3) is 4.35. The van der Waals surface area contributed by atoms with Gasteiger partial charge in [0.15, 0.2) is 0 Å². The van der Waals surface area contributed by atoms with Gasteiger partial charge in [0.25, 0.3) is 0 Å². The molecule has 1 aromatic heterocycles. The van der Waals surface area contributed by atoms with Gasteiger partial charge in [-0.25, -0.2) is 0 Å². The van der Waals surface area contributed by atoms with Crippen LogP contribution in [0.1, 0.15) is 35.4 Å². The molecule has 118 valence electrons. The van der Waals surface area contributed by atoms with Crippen LogP contribution < -0.4 is 10.1 Å².